The Bertz CT molecular complexity index is 852. The summed E-state index contributed by atoms with van der Waals surface area (Å²) in [7, 11) is 2.14. The van der Waals surface area contributed by atoms with Crippen LogP contribution in [-0.4, -0.2) is 48.2 Å². The summed E-state index contributed by atoms with van der Waals surface area (Å²) in [5, 5.41) is 13.3. The van der Waals surface area contributed by atoms with Gasteiger partial charge in [-0.3, -0.25) is 5.21 Å². The average molecular weight is 328 g/mol. The zero-order valence-corrected chi connectivity index (χ0v) is 14.2. The molecule has 1 aromatic carbocycles. The highest BCUT2D eigenvalue weighted by Gasteiger charge is 2.25. The van der Waals surface area contributed by atoms with Crippen LogP contribution in [0.25, 0.3) is 5.82 Å². The summed E-state index contributed by atoms with van der Waals surface area (Å²) >= 11 is 1.68. The Hall–Kier alpha value is -1.89. The number of para-hydroxylation sites is 2. The number of hydroxylamine groups is 1. The molecule has 1 N–H and O–H groups in total. The van der Waals surface area contributed by atoms with Crippen molar-refractivity contribution >= 4 is 28.5 Å². The second kappa shape index (κ2) is 5.63. The molecule has 0 bridgehead atoms. The van der Waals surface area contributed by atoms with Gasteiger partial charge in [0.1, 0.15) is 10.5 Å². The maximum Gasteiger partial charge on any atom is 0.145 e. The molecule has 0 radical (unpaired) electrons. The van der Waals surface area contributed by atoms with Crippen LogP contribution in [0.2, 0.25) is 0 Å². The molecule has 120 valence electrons. The molecule has 2 aliphatic rings. The van der Waals surface area contributed by atoms with Gasteiger partial charge in [0, 0.05) is 31.1 Å². The largest absolute Gasteiger partial charge is 0.353 e. The summed E-state index contributed by atoms with van der Waals surface area (Å²) in [5.74, 6) is 0.853. The maximum atomic E-state index is 11.0. The second-order valence-corrected chi connectivity index (χ2v) is 7.34. The van der Waals surface area contributed by atoms with E-state index < -0.39 is 0 Å². The van der Waals surface area contributed by atoms with Gasteiger partial charge in [-0.15, -0.1) is 11.3 Å². The summed E-state index contributed by atoms with van der Waals surface area (Å²) in [4.78, 5) is 10.6. The maximum absolute atomic E-state index is 11.0. The highest BCUT2D eigenvalue weighted by atomic mass is 32.1. The van der Waals surface area contributed by atoms with E-state index in [-0.39, 0.29) is 0 Å². The van der Waals surface area contributed by atoms with Gasteiger partial charge >= 0.3 is 0 Å². The number of piperazine rings is 1. The first-order valence-electron chi connectivity index (χ1n) is 7.84. The Morgan fingerprint density at radius 2 is 1.87 bits per heavy atom. The van der Waals surface area contributed by atoms with Crippen molar-refractivity contribution in [3.05, 3.63) is 45.1 Å². The fraction of sp³-hybridized carbons (Fsp3) is 0.353. The van der Waals surface area contributed by atoms with Crippen molar-refractivity contribution in [2.24, 2.45) is 4.99 Å². The fourth-order valence-corrected chi connectivity index (χ4v) is 4.03. The highest BCUT2D eigenvalue weighted by Crippen LogP contribution is 2.31. The predicted molar refractivity (Wildman–Crippen MR) is 92.7 cm³/mol. The molecule has 0 spiro atoms. The van der Waals surface area contributed by atoms with Crippen LogP contribution in [0.3, 0.4) is 0 Å². The van der Waals surface area contributed by atoms with Crippen LogP contribution < -0.4 is 15.0 Å². The number of nitrogens with zero attached hydrogens (tertiary/aromatic N) is 4. The quantitative estimate of drug-likeness (QED) is 0.862. The number of hydrogen-bond acceptors (Lipinski definition) is 6. The minimum absolute atomic E-state index is 0.738. The van der Waals surface area contributed by atoms with Gasteiger partial charge in [0.05, 0.1) is 16.6 Å². The molecule has 23 heavy (non-hydrogen) atoms. The lowest BCUT2D eigenvalue weighted by Gasteiger charge is -2.37. The third-order valence-corrected chi connectivity index (χ3v) is 5.36. The van der Waals surface area contributed by atoms with Crippen molar-refractivity contribution in [2.75, 3.05) is 38.3 Å². The molecule has 5 nitrogen and oxygen atoms in total. The van der Waals surface area contributed by atoms with Gasteiger partial charge in [-0.2, -0.15) is 0 Å². The van der Waals surface area contributed by atoms with Crippen molar-refractivity contribution < 1.29 is 5.21 Å². The van der Waals surface area contributed by atoms with Crippen molar-refractivity contribution in [3.63, 3.8) is 0 Å². The Kier molecular flexibility index (Phi) is 3.60. The normalized spacial score (nSPS) is 18.3. The van der Waals surface area contributed by atoms with Gasteiger partial charge in [0.2, 0.25) is 0 Å². The third-order valence-electron chi connectivity index (χ3n) is 4.41. The molecular weight excluding hydrogens is 308 g/mol. The van der Waals surface area contributed by atoms with Crippen LogP contribution in [0.1, 0.15) is 4.88 Å². The number of benzene rings is 1. The summed E-state index contributed by atoms with van der Waals surface area (Å²) in [6.07, 6.45) is 0. The first-order chi connectivity index (χ1) is 11.1. The molecule has 0 aliphatic carbocycles. The second-order valence-electron chi connectivity index (χ2n) is 6.10. The van der Waals surface area contributed by atoms with Crippen molar-refractivity contribution in [3.8, 4) is 0 Å². The monoisotopic (exact) mass is 328 g/mol. The number of anilines is 1. The molecule has 2 aromatic rings. The van der Waals surface area contributed by atoms with Crippen LogP contribution in [0, 0.1) is 6.92 Å². The minimum atomic E-state index is 0.738. The number of hydrogen-bond donors (Lipinski definition) is 1. The van der Waals surface area contributed by atoms with Gasteiger partial charge in [-0.1, -0.05) is 12.1 Å². The zero-order chi connectivity index (χ0) is 16.0. The Labute approximate surface area is 139 Å². The predicted octanol–water partition coefficient (Wildman–Crippen LogP) is 1.53. The number of thiophene rings is 1. The Morgan fingerprint density at radius 1 is 1.13 bits per heavy atom. The van der Waals surface area contributed by atoms with Crippen LogP contribution in [0.15, 0.2) is 35.3 Å². The third kappa shape index (κ3) is 2.52. The number of rotatable bonds is 1. The molecule has 1 saturated heterocycles. The molecule has 6 heteroatoms. The SMILES string of the molecule is Cc1cc2c(s1)=Nc1ccccc1N(O)C=2N1CCN(C)CC1. The van der Waals surface area contributed by atoms with Crippen LogP contribution in [-0.2, 0) is 0 Å². The van der Waals surface area contributed by atoms with Gasteiger partial charge in [0.15, 0.2) is 0 Å². The lowest BCUT2D eigenvalue weighted by atomic mass is 10.2. The number of fused-ring (bicyclic) bond motifs is 2. The van der Waals surface area contributed by atoms with Gasteiger partial charge < -0.3 is 9.80 Å². The molecule has 0 amide bonds. The van der Waals surface area contributed by atoms with E-state index in [4.69, 9.17) is 4.99 Å². The molecular formula is C17H20N4OS. The molecule has 0 unspecified atom stereocenters. The van der Waals surface area contributed by atoms with Gasteiger partial charge in [-0.25, -0.2) is 10.1 Å². The molecule has 0 atom stereocenters. The van der Waals surface area contributed by atoms with E-state index in [1.54, 1.807) is 11.3 Å². The van der Waals surface area contributed by atoms with E-state index in [9.17, 15) is 5.21 Å². The van der Waals surface area contributed by atoms with Crippen LogP contribution >= 0.6 is 11.3 Å². The van der Waals surface area contributed by atoms with E-state index in [1.165, 1.54) is 9.94 Å². The molecule has 1 fully saturated rings. The van der Waals surface area contributed by atoms with E-state index in [2.05, 4.69) is 29.8 Å². The molecule has 2 aliphatic heterocycles. The Morgan fingerprint density at radius 3 is 2.65 bits per heavy atom. The smallest absolute Gasteiger partial charge is 0.145 e. The van der Waals surface area contributed by atoms with Crippen molar-refractivity contribution in [2.45, 2.75) is 6.92 Å². The molecule has 1 aromatic heterocycles. The van der Waals surface area contributed by atoms with Gasteiger partial charge in [-0.05, 0) is 32.2 Å². The minimum Gasteiger partial charge on any atom is -0.353 e. The summed E-state index contributed by atoms with van der Waals surface area (Å²) in [5.41, 5.74) is 1.55. The topological polar surface area (TPSA) is 42.3 Å². The Balaban J connectivity index is 1.93. The molecule has 4 rings (SSSR count). The summed E-state index contributed by atoms with van der Waals surface area (Å²) < 4.78 is 0.973. The number of aryl methyl sites for hydroxylation is 1. The van der Waals surface area contributed by atoms with Gasteiger partial charge in [0.25, 0.3) is 0 Å². The summed E-state index contributed by atoms with van der Waals surface area (Å²) in [6.45, 7) is 5.88. The zero-order valence-electron chi connectivity index (χ0n) is 13.4. The highest BCUT2D eigenvalue weighted by molar-refractivity contribution is 7.09. The van der Waals surface area contributed by atoms with Crippen LogP contribution in [0.5, 0.6) is 0 Å². The van der Waals surface area contributed by atoms with E-state index >= 15 is 0 Å². The van der Waals surface area contributed by atoms with Crippen LogP contribution in [0.4, 0.5) is 11.4 Å². The standard InChI is InChI=1S/C17H20N4OS/c1-12-11-13-16(23-12)18-14-5-3-4-6-15(14)21(22)17(13)20-9-7-19(2)8-10-20/h3-6,11,22H,7-10H2,1-2H3. The van der Waals surface area contributed by atoms with Crippen molar-refractivity contribution in [1.29, 1.82) is 0 Å². The first-order valence-corrected chi connectivity index (χ1v) is 8.66. The molecule has 0 saturated carbocycles. The number of likely N-dealkylation sites (N-methyl/N-ethyl adjacent to an activating group) is 1. The average Bonchev–Trinajstić information content (AvgIpc) is 2.85. The van der Waals surface area contributed by atoms with Crippen molar-refractivity contribution in [1.82, 2.24) is 9.80 Å². The lowest BCUT2D eigenvalue weighted by molar-refractivity contribution is 0.184. The van der Waals surface area contributed by atoms with E-state index in [0.717, 1.165) is 53.3 Å². The summed E-state index contributed by atoms with van der Waals surface area (Å²) in [6, 6.07) is 9.88. The molecule has 3 heterocycles. The van der Waals surface area contributed by atoms with E-state index in [1.807, 2.05) is 24.3 Å². The first kappa shape index (κ1) is 14.7. The lowest BCUT2D eigenvalue weighted by Crippen LogP contribution is -2.49. The van der Waals surface area contributed by atoms with E-state index in [0.29, 0.717) is 0 Å². The fourth-order valence-electron chi connectivity index (χ4n) is 3.14.